The summed E-state index contributed by atoms with van der Waals surface area (Å²) in [4.78, 5) is 0. The van der Waals surface area contributed by atoms with Crippen LogP contribution in [-0.4, -0.2) is 27.9 Å². The Kier molecular flexibility index (Phi) is 7.57. The van der Waals surface area contributed by atoms with Crippen molar-refractivity contribution < 1.29 is 4.21 Å². The van der Waals surface area contributed by atoms with Crippen LogP contribution < -0.4 is 0 Å². The third-order valence-electron chi connectivity index (χ3n) is 2.14. The molecule has 0 radical (unpaired) electrons. The molecule has 0 heterocycles. The Hall–Kier alpha value is 0.110. The molecule has 0 aromatic rings. The minimum Gasteiger partial charge on any atom is -0.242 e. The Labute approximate surface area is 85.3 Å². The Morgan fingerprint density at radius 2 is 1.77 bits per heavy atom. The zero-order chi connectivity index (χ0) is 10.3. The summed E-state index contributed by atoms with van der Waals surface area (Å²) >= 11 is 0. The normalized spacial score (nSPS) is 16.1. The minimum atomic E-state index is -0.778. The van der Waals surface area contributed by atoms with E-state index >= 15 is 0 Å². The fourth-order valence-corrected chi connectivity index (χ4v) is 2.80. The molecular formula is C10H23NOS. The van der Waals surface area contributed by atoms with Gasteiger partial charge in [0, 0.05) is 5.25 Å². The minimum absolute atomic E-state index is 0.375. The summed E-state index contributed by atoms with van der Waals surface area (Å²) in [6, 6.07) is 0. The first kappa shape index (κ1) is 13.1. The first-order valence-electron chi connectivity index (χ1n) is 5.21. The van der Waals surface area contributed by atoms with E-state index in [1.165, 1.54) is 12.8 Å². The maximum atomic E-state index is 11.8. The second-order valence-corrected chi connectivity index (χ2v) is 5.59. The lowest BCUT2D eigenvalue weighted by molar-refractivity contribution is 0.553. The van der Waals surface area contributed by atoms with Gasteiger partial charge in [0.2, 0.25) is 0 Å². The van der Waals surface area contributed by atoms with Gasteiger partial charge in [0.05, 0.1) is 11.0 Å². The van der Waals surface area contributed by atoms with Gasteiger partial charge in [-0.15, -0.1) is 0 Å². The highest BCUT2D eigenvalue weighted by molar-refractivity contribution is 7.83. The summed E-state index contributed by atoms with van der Waals surface area (Å²) in [5, 5.41) is 0.375. The van der Waals surface area contributed by atoms with E-state index in [0.717, 1.165) is 19.3 Å². The van der Waals surface area contributed by atoms with E-state index in [-0.39, 0.29) is 0 Å². The van der Waals surface area contributed by atoms with Crippen molar-refractivity contribution in [2.24, 2.45) is 0 Å². The average Bonchev–Trinajstić information content (AvgIpc) is 2.11. The molecule has 2 nitrogen and oxygen atoms in total. The fourth-order valence-electron chi connectivity index (χ4n) is 1.40. The van der Waals surface area contributed by atoms with Crippen molar-refractivity contribution in [3.05, 3.63) is 0 Å². The topological polar surface area (TPSA) is 20.3 Å². The Bertz CT molecular complexity index is 148. The third kappa shape index (κ3) is 5.42. The smallest absolute Gasteiger partial charge is 0.0968 e. The van der Waals surface area contributed by atoms with Crippen LogP contribution in [0.1, 0.15) is 46.0 Å². The monoisotopic (exact) mass is 205 g/mol. The lowest BCUT2D eigenvalue weighted by atomic mass is 10.1. The number of hydrogen-bond donors (Lipinski definition) is 0. The van der Waals surface area contributed by atoms with E-state index in [1.54, 1.807) is 0 Å². The van der Waals surface area contributed by atoms with E-state index in [0.29, 0.717) is 5.25 Å². The van der Waals surface area contributed by atoms with Crippen molar-refractivity contribution >= 4 is 11.0 Å². The summed E-state index contributed by atoms with van der Waals surface area (Å²) in [6.45, 7) is 4.34. The molecule has 80 valence electrons. The van der Waals surface area contributed by atoms with Crippen LogP contribution in [0.15, 0.2) is 0 Å². The highest BCUT2D eigenvalue weighted by Crippen LogP contribution is 2.14. The Morgan fingerprint density at radius 1 is 1.15 bits per heavy atom. The maximum Gasteiger partial charge on any atom is 0.0968 e. The average molecular weight is 205 g/mol. The highest BCUT2D eigenvalue weighted by atomic mass is 32.2. The maximum absolute atomic E-state index is 11.8. The zero-order valence-electron chi connectivity index (χ0n) is 9.38. The molecule has 0 aliphatic carbocycles. The van der Waals surface area contributed by atoms with Crippen LogP contribution in [-0.2, 0) is 11.0 Å². The molecule has 13 heavy (non-hydrogen) atoms. The molecule has 0 N–H and O–H groups in total. The second-order valence-electron chi connectivity index (χ2n) is 3.64. The fraction of sp³-hybridized carbons (Fsp3) is 1.00. The molecule has 0 rings (SSSR count). The van der Waals surface area contributed by atoms with Crippen LogP contribution in [0.3, 0.4) is 0 Å². The summed E-state index contributed by atoms with van der Waals surface area (Å²) in [5.74, 6) is 0. The van der Waals surface area contributed by atoms with Gasteiger partial charge in [-0.3, -0.25) is 0 Å². The van der Waals surface area contributed by atoms with E-state index in [9.17, 15) is 4.21 Å². The first-order chi connectivity index (χ1) is 6.13. The number of hydrogen-bond acceptors (Lipinski definition) is 1. The molecule has 0 saturated heterocycles. The van der Waals surface area contributed by atoms with E-state index in [4.69, 9.17) is 0 Å². The molecule has 0 aromatic heterocycles. The van der Waals surface area contributed by atoms with Crippen LogP contribution in [0.5, 0.6) is 0 Å². The molecule has 0 fully saturated rings. The second kappa shape index (κ2) is 7.51. The number of unbranched alkanes of at least 4 members (excludes halogenated alkanes) is 1. The molecule has 0 spiro atoms. The number of nitrogens with zero attached hydrogens (tertiary/aromatic N) is 1. The molecule has 0 saturated carbocycles. The van der Waals surface area contributed by atoms with Crippen molar-refractivity contribution in [3.63, 3.8) is 0 Å². The molecule has 2 unspecified atom stereocenters. The zero-order valence-corrected chi connectivity index (χ0v) is 10.2. The lowest BCUT2D eigenvalue weighted by Crippen LogP contribution is -2.27. The predicted molar refractivity (Wildman–Crippen MR) is 60.1 cm³/mol. The third-order valence-corrected chi connectivity index (χ3v) is 3.90. The van der Waals surface area contributed by atoms with Gasteiger partial charge in [-0.2, -0.15) is 0 Å². The first-order valence-corrected chi connectivity index (χ1v) is 6.38. The van der Waals surface area contributed by atoms with Crippen molar-refractivity contribution in [2.75, 3.05) is 14.1 Å². The summed E-state index contributed by atoms with van der Waals surface area (Å²) in [7, 11) is 3.01. The quantitative estimate of drug-likeness (QED) is 0.625. The predicted octanol–water partition coefficient (Wildman–Crippen LogP) is 2.57. The Balaban J connectivity index is 3.99. The van der Waals surface area contributed by atoms with E-state index in [2.05, 4.69) is 13.8 Å². The molecule has 0 amide bonds. The van der Waals surface area contributed by atoms with Gasteiger partial charge in [-0.1, -0.05) is 33.1 Å². The molecule has 0 aliphatic heterocycles. The van der Waals surface area contributed by atoms with Crippen LogP contribution >= 0.6 is 0 Å². The highest BCUT2D eigenvalue weighted by Gasteiger charge is 2.16. The molecule has 0 aliphatic rings. The molecule has 3 heteroatoms. The van der Waals surface area contributed by atoms with E-state index < -0.39 is 11.0 Å². The van der Waals surface area contributed by atoms with Gasteiger partial charge in [-0.05, 0) is 26.9 Å². The van der Waals surface area contributed by atoms with Crippen LogP contribution in [0.4, 0.5) is 0 Å². The molecule has 0 aromatic carbocycles. The summed E-state index contributed by atoms with van der Waals surface area (Å²) in [6.07, 6.45) is 5.73. The van der Waals surface area contributed by atoms with Crippen molar-refractivity contribution in [2.45, 2.75) is 51.2 Å². The van der Waals surface area contributed by atoms with Crippen LogP contribution in [0.25, 0.3) is 0 Å². The largest absolute Gasteiger partial charge is 0.242 e. The molecule has 2 atom stereocenters. The Morgan fingerprint density at radius 3 is 2.15 bits per heavy atom. The van der Waals surface area contributed by atoms with Crippen LogP contribution in [0.2, 0.25) is 0 Å². The number of rotatable bonds is 7. The van der Waals surface area contributed by atoms with Crippen LogP contribution in [0, 0.1) is 0 Å². The molecular weight excluding hydrogens is 182 g/mol. The SMILES string of the molecule is CCCCC(CCC)S(=O)N(C)C. The van der Waals surface area contributed by atoms with Gasteiger partial charge >= 0.3 is 0 Å². The molecule has 0 bridgehead atoms. The standard InChI is InChI=1S/C10H23NOS/c1-5-7-9-10(8-6-2)13(12)11(3)4/h10H,5-9H2,1-4H3. The summed E-state index contributed by atoms with van der Waals surface area (Å²) in [5.41, 5.74) is 0. The van der Waals surface area contributed by atoms with Crippen molar-refractivity contribution in [3.8, 4) is 0 Å². The van der Waals surface area contributed by atoms with Crippen molar-refractivity contribution in [1.82, 2.24) is 4.31 Å². The van der Waals surface area contributed by atoms with Crippen molar-refractivity contribution in [1.29, 1.82) is 0 Å². The van der Waals surface area contributed by atoms with Gasteiger partial charge in [0.25, 0.3) is 0 Å². The van der Waals surface area contributed by atoms with Gasteiger partial charge in [-0.25, -0.2) is 8.51 Å². The van der Waals surface area contributed by atoms with Gasteiger partial charge in [0.1, 0.15) is 0 Å². The van der Waals surface area contributed by atoms with Gasteiger partial charge in [0.15, 0.2) is 0 Å². The van der Waals surface area contributed by atoms with E-state index in [1.807, 2.05) is 18.4 Å². The lowest BCUT2D eigenvalue weighted by Gasteiger charge is -2.19. The van der Waals surface area contributed by atoms with Gasteiger partial charge < -0.3 is 0 Å². The summed E-state index contributed by atoms with van der Waals surface area (Å²) < 4.78 is 13.6.